The lowest BCUT2D eigenvalue weighted by Gasteiger charge is -2.15. The van der Waals surface area contributed by atoms with Crippen LogP contribution in [0.4, 0.5) is 0 Å². The SMILES string of the molecule is CNC(COc1ccccc1)c1ccc(C)s1. The first-order chi connectivity index (χ1) is 8.29. The van der Waals surface area contributed by atoms with Gasteiger partial charge in [0.05, 0.1) is 6.04 Å². The lowest BCUT2D eigenvalue weighted by Crippen LogP contribution is -2.22. The molecule has 0 fully saturated rings. The van der Waals surface area contributed by atoms with Crippen molar-refractivity contribution in [3.8, 4) is 5.75 Å². The molecule has 0 amide bonds. The molecule has 3 heteroatoms. The van der Waals surface area contributed by atoms with E-state index in [4.69, 9.17) is 4.74 Å². The first-order valence-electron chi connectivity index (χ1n) is 5.71. The monoisotopic (exact) mass is 247 g/mol. The number of para-hydroxylation sites is 1. The second kappa shape index (κ2) is 5.84. The molecule has 2 aromatic rings. The number of hydrogen-bond donors (Lipinski definition) is 1. The Morgan fingerprint density at radius 3 is 2.53 bits per heavy atom. The summed E-state index contributed by atoms with van der Waals surface area (Å²) in [5.74, 6) is 0.918. The molecule has 0 bridgehead atoms. The molecule has 0 saturated heterocycles. The largest absolute Gasteiger partial charge is 0.492 e. The lowest BCUT2D eigenvalue weighted by molar-refractivity contribution is 0.275. The Labute approximate surface area is 106 Å². The number of hydrogen-bond acceptors (Lipinski definition) is 3. The van der Waals surface area contributed by atoms with Crippen LogP contribution in [0.25, 0.3) is 0 Å². The molecule has 1 aromatic carbocycles. The fourth-order valence-electron chi connectivity index (χ4n) is 1.64. The van der Waals surface area contributed by atoms with E-state index in [1.54, 1.807) is 0 Å². The minimum absolute atomic E-state index is 0.258. The van der Waals surface area contributed by atoms with Crippen LogP contribution >= 0.6 is 11.3 Å². The van der Waals surface area contributed by atoms with E-state index in [0.29, 0.717) is 6.61 Å². The second-order valence-electron chi connectivity index (χ2n) is 3.91. The molecule has 0 aliphatic rings. The van der Waals surface area contributed by atoms with Crippen molar-refractivity contribution >= 4 is 11.3 Å². The quantitative estimate of drug-likeness (QED) is 0.874. The van der Waals surface area contributed by atoms with Crippen molar-refractivity contribution < 1.29 is 4.74 Å². The molecule has 90 valence electrons. The van der Waals surface area contributed by atoms with Gasteiger partial charge in [-0.15, -0.1) is 11.3 Å². The Balaban J connectivity index is 1.97. The van der Waals surface area contributed by atoms with Crippen LogP contribution in [0.3, 0.4) is 0 Å². The lowest BCUT2D eigenvalue weighted by atomic mass is 10.2. The number of thiophene rings is 1. The van der Waals surface area contributed by atoms with Crippen molar-refractivity contribution in [2.24, 2.45) is 0 Å². The van der Waals surface area contributed by atoms with Gasteiger partial charge in [-0.2, -0.15) is 0 Å². The van der Waals surface area contributed by atoms with E-state index in [1.807, 2.05) is 48.7 Å². The Morgan fingerprint density at radius 2 is 1.94 bits per heavy atom. The third kappa shape index (κ3) is 3.32. The van der Waals surface area contributed by atoms with E-state index in [9.17, 15) is 0 Å². The molecular weight excluding hydrogens is 230 g/mol. The Morgan fingerprint density at radius 1 is 1.18 bits per heavy atom. The highest BCUT2D eigenvalue weighted by Crippen LogP contribution is 2.23. The van der Waals surface area contributed by atoms with Crippen LogP contribution in [0, 0.1) is 6.92 Å². The molecule has 0 aliphatic carbocycles. The first-order valence-corrected chi connectivity index (χ1v) is 6.52. The highest BCUT2D eigenvalue weighted by Gasteiger charge is 2.11. The molecule has 17 heavy (non-hydrogen) atoms. The summed E-state index contributed by atoms with van der Waals surface area (Å²) in [5.41, 5.74) is 0. The summed E-state index contributed by atoms with van der Waals surface area (Å²) in [6.07, 6.45) is 0. The minimum atomic E-state index is 0.258. The van der Waals surface area contributed by atoms with Gasteiger partial charge in [0.2, 0.25) is 0 Å². The molecule has 1 atom stereocenters. The molecule has 2 rings (SSSR count). The van der Waals surface area contributed by atoms with Crippen molar-refractivity contribution in [3.05, 3.63) is 52.2 Å². The van der Waals surface area contributed by atoms with E-state index in [2.05, 4.69) is 24.4 Å². The standard InChI is InChI=1S/C14H17NOS/c1-11-8-9-14(17-11)13(15-2)10-16-12-6-4-3-5-7-12/h3-9,13,15H,10H2,1-2H3. The summed E-state index contributed by atoms with van der Waals surface area (Å²) < 4.78 is 5.77. The molecule has 1 heterocycles. The summed E-state index contributed by atoms with van der Waals surface area (Å²) in [7, 11) is 1.97. The van der Waals surface area contributed by atoms with Crippen LogP contribution in [-0.4, -0.2) is 13.7 Å². The number of aryl methyl sites for hydroxylation is 1. The van der Waals surface area contributed by atoms with E-state index < -0.39 is 0 Å². The molecule has 0 radical (unpaired) electrons. The summed E-state index contributed by atoms with van der Waals surface area (Å²) >= 11 is 1.81. The number of likely N-dealkylation sites (N-methyl/N-ethyl adjacent to an activating group) is 1. The average molecular weight is 247 g/mol. The Bertz CT molecular complexity index is 452. The van der Waals surface area contributed by atoms with Crippen molar-refractivity contribution in [1.82, 2.24) is 5.32 Å². The van der Waals surface area contributed by atoms with Crippen LogP contribution in [0.2, 0.25) is 0 Å². The van der Waals surface area contributed by atoms with Gasteiger partial charge in [-0.1, -0.05) is 18.2 Å². The fourth-order valence-corrected chi connectivity index (χ4v) is 2.62. The van der Waals surface area contributed by atoms with Crippen LogP contribution in [0.5, 0.6) is 5.75 Å². The van der Waals surface area contributed by atoms with Gasteiger partial charge in [-0.05, 0) is 38.2 Å². The molecule has 0 aliphatic heterocycles. The van der Waals surface area contributed by atoms with Gasteiger partial charge in [-0.25, -0.2) is 0 Å². The van der Waals surface area contributed by atoms with Crippen LogP contribution in [0.15, 0.2) is 42.5 Å². The minimum Gasteiger partial charge on any atom is -0.492 e. The van der Waals surface area contributed by atoms with Crippen molar-refractivity contribution in [2.75, 3.05) is 13.7 Å². The molecule has 0 saturated carbocycles. The number of rotatable bonds is 5. The average Bonchev–Trinajstić information content (AvgIpc) is 2.78. The maximum absolute atomic E-state index is 5.77. The third-order valence-corrected chi connectivity index (χ3v) is 3.73. The summed E-state index contributed by atoms with van der Waals surface area (Å²) in [4.78, 5) is 2.65. The molecular formula is C14H17NOS. The normalized spacial score (nSPS) is 12.4. The zero-order valence-electron chi connectivity index (χ0n) is 10.1. The number of nitrogens with one attached hydrogen (secondary N) is 1. The first kappa shape index (κ1) is 12.1. The second-order valence-corrected chi connectivity index (χ2v) is 5.23. The Hall–Kier alpha value is -1.32. The number of ether oxygens (including phenoxy) is 1. The summed E-state index contributed by atoms with van der Waals surface area (Å²) in [6.45, 7) is 2.78. The molecule has 0 spiro atoms. The van der Waals surface area contributed by atoms with Crippen LogP contribution < -0.4 is 10.1 Å². The van der Waals surface area contributed by atoms with E-state index in [1.165, 1.54) is 9.75 Å². The highest BCUT2D eigenvalue weighted by atomic mass is 32.1. The van der Waals surface area contributed by atoms with Gasteiger partial charge in [0.25, 0.3) is 0 Å². The number of benzene rings is 1. The predicted molar refractivity (Wildman–Crippen MR) is 72.8 cm³/mol. The maximum Gasteiger partial charge on any atom is 0.119 e. The Kier molecular flexibility index (Phi) is 4.18. The third-order valence-electron chi connectivity index (χ3n) is 2.61. The molecule has 1 N–H and O–H groups in total. The highest BCUT2D eigenvalue weighted by molar-refractivity contribution is 7.12. The van der Waals surface area contributed by atoms with Gasteiger partial charge in [-0.3, -0.25) is 0 Å². The van der Waals surface area contributed by atoms with Crippen LogP contribution in [0.1, 0.15) is 15.8 Å². The zero-order valence-corrected chi connectivity index (χ0v) is 11.0. The zero-order chi connectivity index (χ0) is 12.1. The predicted octanol–water partition coefficient (Wildman–Crippen LogP) is 3.40. The van der Waals surface area contributed by atoms with E-state index in [-0.39, 0.29) is 6.04 Å². The van der Waals surface area contributed by atoms with Crippen LogP contribution in [-0.2, 0) is 0 Å². The van der Waals surface area contributed by atoms with Gasteiger partial charge >= 0.3 is 0 Å². The molecule has 2 nitrogen and oxygen atoms in total. The van der Waals surface area contributed by atoms with E-state index >= 15 is 0 Å². The molecule has 1 unspecified atom stereocenters. The van der Waals surface area contributed by atoms with E-state index in [0.717, 1.165) is 5.75 Å². The smallest absolute Gasteiger partial charge is 0.119 e. The van der Waals surface area contributed by atoms with Crippen molar-refractivity contribution in [1.29, 1.82) is 0 Å². The van der Waals surface area contributed by atoms with Gasteiger partial charge < -0.3 is 10.1 Å². The van der Waals surface area contributed by atoms with Crippen molar-refractivity contribution in [3.63, 3.8) is 0 Å². The maximum atomic E-state index is 5.77. The van der Waals surface area contributed by atoms with Crippen molar-refractivity contribution in [2.45, 2.75) is 13.0 Å². The van der Waals surface area contributed by atoms with Gasteiger partial charge in [0, 0.05) is 9.75 Å². The fraction of sp³-hybridized carbons (Fsp3) is 0.286. The topological polar surface area (TPSA) is 21.3 Å². The molecule has 1 aromatic heterocycles. The van der Waals surface area contributed by atoms with Gasteiger partial charge in [0.1, 0.15) is 12.4 Å². The summed E-state index contributed by atoms with van der Waals surface area (Å²) in [6, 6.07) is 14.5. The van der Waals surface area contributed by atoms with Gasteiger partial charge in [0.15, 0.2) is 0 Å². The summed E-state index contributed by atoms with van der Waals surface area (Å²) in [5, 5.41) is 3.29.